The van der Waals surface area contributed by atoms with Crippen LogP contribution in [0.5, 0.6) is 0 Å². The van der Waals surface area contributed by atoms with Gasteiger partial charge in [0, 0.05) is 13.7 Å². The number of rotatable bonds is 5. The van der Waals surface area contributed by atoms with Crippen molar-refractivity contribution in [1.29, 1.82) is 0 Å². The van der Waals surface area contributed by atoms with E-state index < -0.39 is 23.3 Å². The van der Waals surface area contributed by atoms with Crippen molar-refractivity contribution >= 4 is 11.9 Å². The van der Waals surface area contributed by atoms with Gasteiger partial charge in [-0.25, -0.2) is 0 Å². The van der Waals surface area contributed by atoms with Crippen LogP contribution in [0.2, 0.25) is 0 Å². The molecule has 1 aliphatic rings. The van der Waals surface area contributed by atoms with E-state index in [4.69, 9.17) is 9.84 Å². The van der Waals surface area contributed by atoms with Gasteiger partial charge in [0.25, 0.3) is 0 Å². The summed E-state index contributed by atoms with van der Waals surface area (Å²) in [6.07, 6.45) is 2.72. The van der Waals surface area contributed by atoms with Crippen molar-refractivity contribution in [1.82, 2.24) is 0 Å². The van der Waals surface area contributed by atoms with Gasteiger partial charge in [-0.1, -0.05) is 18.4 Å². The van der Waals surface area contributed by atoms with E-state index in [1.807, 2.05) is 13.8 Å². The highest BCUT2D eigenvalue weighted by Gasteiger charge is 2.50. The second-order valence-corrected chi connectivity index (χ2v) is 5.55. The second kappa shape index (κ2) is 8.74. The van der Waals surface area contributed by atoms with Crippen LogP contribution in [0.1, 0.15) is 46.0 Å². The third-order valence-electron chi connectivity index (χ3n) is 3.51. The Balaban J connectivity index is 0.000000796. The third kappa shape index (κ3) is 5.33. The number of hydrogen-bond acceptors (Lipinski definition) is 3. The molecule has 0 spiro atoms. The van der Waals surface area contributed by atoms with E-state index in [0.29, 0.717) is 12.8 Å². The summed E-state index contributed by atoms with van der Waals surface area (Å²) in [6, 6.07) is 0. The molecule has 0 heterocycles. The number of hydrogen-bond donors (Lipinski definition) is 2. The van der Waals surface area contributed by atoms with Crippen LogP contribution in [-0.2, 0) is 14.3 Å². The van der Waals surface area contributed by atoms with E-state index in [2.05, 4.69) is 6.58 Å². The molecule has 0 radical (unpaired) electrons. The molecule has 0 aromatic carbocycles. The van der Waals surface area contributed by atoms with Gasteiger partial charge >= 0.3 is 11.9 Å². The first-order valence-corrected chi connectivity index (χ1v) is 6.85. The first-order valence-electron chi connectivity index (χ1n) is 6.85. The standard InChI is InChI=1S/C11H18O5.C4H8/c1-16-7-6-11(10(14)15)5-3-2-4-8(11)9(12)13;1-4(2)3/h8H,2-7H2,1H3,(H,12,13)(H,14,15);1H2,2-3H3. The van der Waals surface area contributed by atoms with E-state index in [0.717, 1.165) is 12.8 Å². The zero-order chi connectivity index (χ0) is 15.8. The van der Waals surface area contributed by atoms with Gasteiger partial charge in [0.2, 0.25) is 0 Å². The third-order valence-corrected chi connectivity index (χ3v) is 3.51. The lowest BCUT2D eigenvalue weighted by Gasteiger charge is -2.38. The topological polar surface area (TPSA) is 83.8 Å². The van der Waals surface area contributed by atoms with Crippen molar-refractivity contribution < 1.29 is 24.5 Å². The van der Waals surface area contributed by atoms with Crippen molar-refractivity contribution in [2.75, 3.05) is 13.7 Å². The maximum absolute atomic E-state index is 11.4. The molecule has 2 N–H and O–H groups in total. The van der Waals surface area contributed by atoms with E-state index in [9.17, 15) is 14.7 Å². The SMILES string of the molecule is C=C(C)C.COCCC1(C(=O)O)CCCCC1C(=O)O. The summed E-state index contributed by atoms with van der Waals surface area (Å²) < 4.78 is 4.89. The smallest absolute Gasteiger partial charge is 0.310 e. The Hall–Kier alpha value is -1.36. The van der Waals surface area contributed by atoms with Gasteiger partial charge in [-0.2, -0.15) is 0 Å². The molecular formula is C15H26O5. The minimum absolute atomic E-state index is 0.274. The van der Waals surface area contributed by atoms with Crippen LogP contribution in [-0.4, -0.2) is 35.9 Å². The van der Waals surface area contributed by atoms with E-state index >= 15 is 0 Å². The molecule has 0 aliphatic heterocycles. The number of ether oxygens (including phenoxy) is 1. The molecule has 2 unspecified atom stereocenters. The monoisotopic (exact) mass is 286 g/mol. The highest BCUT2D eigenvalue weighted by atomic mass is 16.5. The van der Waals surface area contributed by atoms with Crippen LogP contribution in [0.3, 0.4) is 0 Å². The van der Waals surface area contributed by atoms with Crippen molar-refractivity contribution in [3.8, 4) is 0 Å². The molecule has 0 aromatic heterocycles. The second-order valence-electron chi connectivity index (χ2n) is 5.55. The van der Waals surface area contributed by atoms with Gasteiger partial charge in [-0.3, -0.25) is 9.59 Å². The van der Waals surface area contributed by atoms with Crippen molar-refractivity contribution in [3.63, 3.8) is 0 Å². The van der Waals surface area contributed by atoms with Gasteiger partial charge in [0.05, 0.1) is 11.3 Å². The first-order chi connectivity index (χ1) is 9.27. The molecule has 5 nitrogen and oxygen atoms in total. The number of methoxy groups -OCH3 is 1. The molecule has 1 saturated carbocycles. The highest BCUT2D eigenvalue weighted by Crippen LogP contribution is 2.44. The molecule has 1 aliphatic carbocycles. The van der Waals surface area contributed by atoms with Crippen LogP contribution < -0.4 is 0 Å². The average molecular weight is 286 g/mol. The fourth-order valence-electron chi connectivity index (χ4n) is 2.55. The zero-order valence-electron chi connectivity index (χ0n) is 12.6. The van der Waals surface area contributed by atoms with Crippen LogP contribution in [0.4, 0.5) is 0 Å². The summed E-state index contributed by atoms with van der Waals surface area (Å²) in [5.74, 6) is -2.79. The molecule has 20 heavy (non-hydrogen) atoms. The Bertz CT molecular complexity index is 346. The summed E-state index contributed by atoms with van der Waals surface area (Å²) in [4.78, 5) is 22.5. The van der Waals surface area contributed by atoms with Crippen molar-refractivity contribution in [3.05, 3.63) is 12.2 Å². The fourth-order valence-corrected chi connectivity index (χ4v) is 2.55. The summed E-state index contributed by atoms with van der Waals surface area (Å²) in [6.45, 7) is 7.79. The molecule has 2 atom stereocenters. The highest BCUT2D eigenvalue weighted by molar-refractivity contribution is 5.83. The number of carbonyl (C=O) groups is 2. The predicted octanol–water partition coefficient (Wildman–Crippen LogP) is 2.95. The Labute approximate surface area is 120 Å². The minimum atomic E-state index is -1.14. The lowest BCUT2D eigenvalue weighted by molar-refractivity contribution is -0.167. The molecule has 0 bridgehead atoms. The van der Waals surface area contributed by atoms with E-state index in [1.54, 1.807) is 0 Å². The van der Waals surface area contributed by atoms with Crippen molar-refractivity contribution in [2.24, 2.45) is 11.3 Å². The van der Waals surface area contributed by atoms with Crippen LogP contribution in [0.15, 0.2) is 12.2 Å². The Morgan fingerprint density at radius 3 is 2.25 bits per heavy atom. The number of aliphatic carboxylic acids is 2. The fraction of sp³-hybridized carbons (Fsp3) is 0.733. The van der Waals surface area contributed by atoms with E-state index in [1.165, 1.54) is 12.7 Å². The Morgan fingerprint density at radius 2 is 1.85 bits per heavy atom. The maximum atomic E-state index is 11.4. The van der Waals surface area contributed by atoms with Gasteiger partial charge < -0.3 is 14.9 Å². The van der Waals surface area contributed by atoms with Crippen LogP contribution in [0, 0.1) is 11.3 Å². The summed E-state index contributed by atoms with van der Waals surface area (Å²) in [5.41, 5.74) is 0.0279. The van der Waals surface area contributed by atoms with Gasteiger partial charge in [0.15, 0.2) is 0 Å². The first kappa shape index (κ1) is 18.6. The summed E-state index contributed by atoms with van der Waals surface area (Å²) in [7, 11) is 1.49. The minimum Gasteiger partial charge on any atom is -0.481 e. The molecule has 0 amide bonds. The average Bonchev–Trinajstić information content (AvgIpc) is 2.35. The number of carboxylic acids is 2. The van der Waals surface area contributed by atoms with Gasteiger partial charge in [-0.05, 0) is 33.1 Å². The molecule has 116 valence electrons. The molecule has 0 saturated heterocycles. The molecule has 5 heteroatoms. The normalized spacial score (nSPS) is 25.2. The van der Waals surface area contributed by atoms with E-state index in [-0.39, 0.29) is 13.0 Å². The Morgan fingerprint density at radius 1 is 1.30 bits per heavy atom. The lowest BCUT2D eigenvalue weighted by atomic mass is 9.64. The van der Waals surface area contributed by atoms with Gasteiger partial charge in [0.1, 0.15) is 0 Å². The summed E-state index contributed by atoms with van der Waals surface area (Å²) >= 11 is 0. The lowest BCUT2D eigenvalue weighted by Crippen LogP contribution is -2.45. The molecule has 1 rings (SSSR count). The zero-order valence-corrected chi connectivity index (χ0v) is 12.6. The van der Waals surface area contributed by atoms with Crippen LogP contribution >= 0.6 is 0 Å². The Kier molecular flexibility index (Phi) is 8.15. The van der Waals surface area contributed by atoms with Crippen LogP contribution in [0.25, 0.3) is 0 Å². The quantitative estimate of drug-likeness (QED) is 0.759. The predicted molar refractivity (Wildman–Crippen MR) is 76.6 cm³/mol. The maximum Gasteiger partial charge on any atom is 0.310 e. The van der Waals surface area contributed by atoms with Gasteiger partial charge in [-0.15, -0.1) is 6.58 Å². The largest absolute Gasteiger partial charge is 0.481 e. The molecule has 0 aromatic rings. The molecular weight excluding hydrogens is 260 g/mol. The number of carboxylic acid groups (broad SMARTS) is 2. The van der Waals surface area contributed by atoms with Crippen molar-refractivity contribution in [2.45, 2.75) is 46.0 Å². The molecule has 1 fully saturated rings. The number of allylic oxidation sites excluding steroid dienone is 1. The summed E-state index contributed by atoms with van der Waals surface area (Å²) in [5, 5.41) is 18.4.